The molecule has 0 fully saturated rings. The Labute approximate surface area is 96.2 Å². The minimum atomic E-state index is -2.12. The van der Waals surface area contributed by atoms with Crippen LogP contribution in [0.4, 0.5) is 0 Å². The van der Waals surface area contributed by atoms with Crippen LogP contribution in [0.15, 0.2) is 47.9 Å². The van der Waals surface area contributed by atoms with Crippen molar-refractivity contribution in [2.45, 2.75) is 0 Å². The van der Waals surface area contributed by atoms with Gasteiger partial charge in [-0.25, -0.2) is 0 Å². The van der Waals surface area contributed by atoms with Crippen LogP contribution < -0.4 is 0 Å². The molecule has 0 atom stereocenters. The number of hydrogen-bond acceptors (Lipinski definition) is 4. The van der Waals surface area contributed by atoms with Gasteiger partial charge >= 0.3 is 97.0 Å². The van der Waals surface area contributed by atoms with Gasteiger partial charge < -0.3 is 0 Å². The molecule has 0 aromatic carbocycles. The second-order valence-corrected chi connectivity index (χ2v) is 32.7. The zero-order valence-corrected chi connectivity index (χ0v) is 12.6. The van der Waals surface area contributed by atoms with Crippen molar-refractivity contribution in [3.63, 3.8) is 0 Å². The van der Waals surface area contributed by atoms with Crippen molar-refractivity contribution in [1.29, 1.82) is 0 Å². The standard InChI is InChI=1S/C8H12GeS4/c1-5-10-9(11-6-2,12-7-3)13-8-4/h5-8H,1-4H2. The van der Waals surface area contributed by atoms with Crippen LogP contribution in [0.3, 0.4) is 0 Å². The molecule has 0 spiro atoms. The van der Waals surface area contributed by atoms with E-state index in [2.05, 4.69) is 26.3 Å². The normalized spacial score (nSPS) is 10.5. The molecule has 0 bridgehead atoms. The van der Waals surface area contributed by atoms with Gasteiger partial charge in [0.15, 0.2) is 0 Å². The molecule has 72 valence electrons. The van der Waals surface area contributed by atoms with Crippen LogP contribution in [0.25, 0.3) is 0 Å². The number of hydrogen-bond donors (Lipinski definition) is 0. The van der Waals surface area contributed by atoms with Gasteiger partial charge in [-0.3, -0.25) is 0 Å². The molecule has 0 rings (SSSR count). The molecule has 0 unspecified atom stereocenters. The molecule has 0 aliphatic carbocycles. The van der Waals surface area contributed by atoms with E-state index in [1.165, 1.54) is 0 Å². The molecular weight excluding hydrogens is 297 g/mol. The van der Waals surface area contributed by atoms with Gasteiger partial charge in [-0.1, -0.05) is 0 Å². The fraction of sp³-hybridized carbons (Fsp3) is 0. The Kier molecular flexibility index (Phi) is 8.80. The van der Waals surface area contributed by atoms with E-state index in [1.54, 1.807) is 0 Å². The number of rotatable bonds is 8. The molecule has 0 saturated heterocycles. The Bertz CT molecular complexity index is 157. The van der Waals surface area contributed by atoms with Gasteiger partial charge in [0.25, 0.3) is 0 Å². The summed E-state index contributed by atoms with van der Waals surface area (Å²) in [5.74, 6) is 0. The van der Waals surface area contributed by atoms with Crippen molar-refractivity contribution >= 4 is 49.0 Å². The van der Waals surface area contributed by atoms with E-state index in [0.717, 1.165) is 0 Å². The molecule has 0 saturated carbocycles. The van der Waals surface area contributed by atoms with E-state index in [0.29, 0.717) is 0 Å². The van der Waals surface area contributed by atoms with Crippen LogP contribution in [0, 0.1) is 0 Å². The third-order valence-electron chi connectivity index (χ3n) is 0.911. The molecule has 0 aromatic rings. The first-order valence-corrected chi connectivity index (χ1v) is 17.2. The molecule has 5 heteroatoms. The molecule has 0 radical (unpaired) electrons. The van der Waals surface area contributed by atoms with Crippen LogP contribution in [0.5, 0.6) is 0 Å². The molecule has 0 amide bonds. The fourth-order valence-electron chi connectivity index (χ4n) is 0.575. The van der Waals surface area contributed by atoms with Crippen molar-refractivity contribution in [2.75, 3.05) is 0 Å². The molecule has 0 N–H and O–H groups in total. The van der Waals surface area contributed by atoms with Gasteiger partial charge in [-0.2, -0.15) is 0 Å². The summed E-state index contributed by atoms with van der Waals surface area (Å²) < 4.78 is 0. The zero-order chi connectivity index (χ0) is 10.2. The van der Waals surface area contributed by atoms with Crippen molar-refractivity contribution in [2.24, 2.45) is 0 Å². The third kappa shape index (κ3) is 5.37. The fourth-order valence-corrected chi connectivity index (χ4v) is 26.9. The summed E-state index contributed by atoms with van der Waals surface area (Å²) in [6, 6.07) is 0. The van der Waals surface area contributed by atoms with E-state index in [1.807, 2.05) is 62.0 Å². The monoisotopic (exact) mass is 310 g/mol. The summed E-state index contributed by atoms with van der Waals surface area (Å²) >= 11 is 0. The summed E-state index contributed by atoms with van der Waals surface area (Å²) in [4.78, 5) is 0. The second-order valence-electron chi connectivity index (χ2n) is 1.64. The predicted molar refractivity (Wildman–Crippen MR) is 76.9 cm³/mol. The van der Waals surface area contributed by atoms with Gasteiger partial charge in [-0.15, -0.1) is 0 Å². The molecule has 0 nitrogen and oxygen atoms in total. The summed E-state index contributed by atoms with van der Waals surface area (Å²) in [7, 11) is 5.17. The maximum absolute atomic E-state index is 3.76. The van der Waals surface area contributed by atoms with Crippen LogP contribution in [-0.4, -0.2) is 8.70 Å². The van der Waals surface area contributed by atoms with Crippen LogP contribution in [0.2, 0.25) is 0 Å². The predicted octanol–water partition coefficient (Wildman–Crippen LogP) is 4.93. The van der Waals surface area contributed by atoms with Gasteiger partial charge in [0.05, 0.1) is 0 Å². The van der Waals surface area contributed by atoms with E-state index in [9.17, 15) is 0 Å². The molecular formula is C8H12GeS4. The van der Waals surface area contributed by atoms with Crippen LogP contribution in [-0.2, 0) is 0 Å². The quantitative estimate of drug-likeness (QED) is 0.583. The van der Waals surface area contributed by atoms with E-state index < -0.39 is 8.70 Å². The molecule has 0 aliphatic rings. The Balaban J connectivity index is 4.53. The molecule has 0 aromatic heterocycles. The van der Waals surface area contributed by atoms with E-state index in [-0.39, 0.29) is 0 Å². The first kappa shape index (κ1) is 13.9. The summed E-state index contributed by atoms with van der Waals surface area (Å²) in [6.07, 6.45) is 0. The Morgan fingerprint density at radius 1 is 0.615 bits per heavy atom. The second kappa shape index (κ2) is 8.23. The maximum atomic E-state index is 3.76. The van der Waals surface area contributed by atoms with Crippen LogP contribution in [0.1, 0.15) is 0 Å². The van der Waals surface area contributed by atoms with Gasteiger partial charge in [0.1, 0.15) is 0 Å². The van der Waals surface area contributed by atoms with Crippen molar-refractivity contribution in [1.82, 2.24) is 0 Å². The third-order valence-corrected chi connectivity index (χ3v) is 32.2. The average Bonchev–Trinajstić information content (AvgIpc) is 2.06. The first-order valence-electron chi connectivity index (χ1n) is 3.39. The molecule has 0 heterocycles. The molecule has 13 heavy (non-hydrogen) atoms. The summed E-state index contributed by atoms with van der Waals surface area (Å²) in [5.41, 5.74) is 0. The first-order chi connectivity index (χ1) is 6.24. The Hall–Kier alpha value is 0.903. The van der Waals surface area contributed by atoms with E-state index in [4.69, 9.17) is 0 Å². The van der Waals surface area contributed by atoms with Crippen molar-refractivity contribution in [3.05, 3.63) is 47.9 Å². The van der Waals surface area contributed by atoms with Crippen LogP contribution >= 0.6 is 40.3 Å². The van der Waals surface area contributed by atoms with Crippen molar-refractivity contribution < 1.29 is 0 Å². The van der Waals surface area contributed by atoms with E-state index >= 15 is 0 Å². The molecule has 0 aliphatic heterocycles. The Morgan fingerprint density at radius 2 is 0.846 bits per heavy atom. The minimum absolute atomic E-state index is 1.82. The topological polar surface area (TPSA) is 0 Å². The van der Waals surface area contributed by atoms with Gasteiger partial charge in [0, 0.05) is 0 Å². The van der Waals surface area contributed by atoms with Gasteiger partial charge in [0.2, 0.25) is 0 Å². The Morgan fingerprint density at radius 3 is 1.00 bits per heavy atom. The van der Waals surface area contributed by atoms with Crippen molar-refractivity contribution in [3.8, 4) is 0 Å². The average molecular weight is 309 g/mol. The summed E-state index contributed by atoms with van der Waals surface area (Å²) in [6.45, 7) is 15.0. The zero-order valence-electron chi connectivity index (χ0n) is 7.27. The summed E-state index contributed by atoms with van der Waals surface area (Å²) in [5, 5.41) is 7.62. The van der Waals surface area contributed by atoms with Gasteiger partial charge in [-0.05, 0) is 0 Å². The SMILES string of the molecule is C=C[S][Ge]([S]C=C)([S]C=C)[S]C=C.